The number of benzene rings is 1. The number of hydrogen-bond acceptors (Lipinski definition) is 4. The van der Waals surface area contributed by atoms with Crippen LogP contribution in [0.1, 0.15) is 60.8 Å². The molecule has 0 fully saturated rings. The fourth-order valence-corrected chi connectivity index (χ4v) is 2.83. The summed E-state index contributed by atoms with van der Waals surface area (Å²) in [6, 6.07) is 9.75. The summed E-state index contributed by atoms with van der Waals surface area (Å²) in [6.45, 7) is 5.45. The quantitative estimate of drug-likeness (QED) is 0.604. The second-order valence-corrected chi connectivity index (χ2v) is 6.92. The number of aromatic nitrogens is 2. The molecule has 0 spiro atoms. The molecule has 0 radical (unpaired) electrons. The zero-order valence-electron chi connectivity index (χ0n) is 16.9. The van der Waals surface area contributed by atoms with Crippen LogP contribution in [0.25, 0.3) is 0 Å². The molecular formula is C22H30N4O2. The van der Waals surface area contributed by atoms with Gasteiger partial charge in [0.1, 0.15) is 5.69 Å². The minimum absolute atomic E-state index is 0.0302. The Morgan fingerprint density at radius 3 is 2.50 bits per heavy atom. The Bertz CT molecular complexity index is 732. The van der Waals surface area contributed by atoms with E-state index in [4.69, 9.17) is 0 Å². The number of carbonyl (C=O) groups excluding carboxylic acids is 2. The smallest absolute Gasteiger partial charge is 0.274 e. The molecule has 2 amide bonds. The third-order valence-electron chi connectivity index (χ3n) is 4.46. The monoisotopic (exact) mass is 382 g/mol. The van der Waals surface area contributed by atoms with Crippen molar-refractivity contribution < 1.29 is 9.59 Å². The minimum Gasteiger partial charge on any atom is -0.356 e. The van der Waals surface area contributed by atoms with Crippen molar-refractivity contribution in [1.29, 1.82) is 0 Å². The van der Waals surface area contributed by atoms with Crippen LogP contribution in [0.2, 0.25) is 0 Å². The number of nitrogens with one attached hydrogen (secondary N) is 1. The Morgan fingerprint density at radius 1 is 1.04 bits per heavy atom. The highest BCUT2D eigenvalue weighted by atomic mass is 16.2. The predicted octanol–water partition coefficient (Wildman–Crippen LogP) is 3.51. The molecule has 1 aromatic carbocycles. The number of rotatable bonds is 11. The van der Waals surface area contributed by atoms with Crippen molar-refractivity contribution in [2.24, 2.45) is 0 Å². The summed E-state index contributed by atoms with van der Waals surface area (Å²) in [7, 11) is 0. The van der Waals surface area contributed by atoms with Gasteiger partial charge in [-0.2, -0.15) is 0 Å². The molecule has 0 aliphatic rings. The van der Waals surface area contributed by atoms with Gasteiger partial charge in [-0.15, -0.1) is 0 Å². The highest BCUT2D eigenvalue weighted by Gasteiger charge is 2.19. The molecular weight excluding hydrogens is 352 g/mol. The lowest BCUT2D eigenvalue weighted by atomic mass is 10.2. The number of amides is 2. The SMILES string of the molecule is CCCCCCNC(=O)CCN(Cc1ccccc1)C(=O)c1cnc(C)cn1. The fourth-order valence-electron chi connectivity index (χ4n) is 2.83. The summed E-state index contributed by atoms with van der Waals surface area (Å²) < 4.78 is 0. The van der Waals surface area contributed by atoms with Gasteiger partial charge in [0.05, 0.1) is 11.9 Å². The van der Waals surface area contributed by atoms with Crippen LogP contribution in [0.3, 0.4) is 0 Å². The van der Waals surface area contributed by atoms with Crippen molar-refractivity contribution >= 4 is 11.8 Å². The second kappa shape index (κ2) is 11.8. The molecule has 28 heavy (non-hydrogen) atoms. The Labute approximate surface area is 167 Å². The zero-order valence-corrected chi connectivity index (χ0v) is 16.9. The Kier molecular flexibility index (Phi) is 9.11. The molecule has 1 N–H and O–H groups in total. The molecule has 2 aromatic rings. The van der Waals surface area contributed by atoms with Crippen molar-refractivity contribution in [3.63, 3.8) is 0 Å². The van der Waals surface area contributed by atoms with E-state index in [-0.39, 0.29) is 18.2 Å². The van der Waals surface area contributed by atoms with Gasteiger partial charge in [-0.1, -0.05) is 56.5 Å². The summed E-state index contributed by atoms with van der Waals surface area (Å²) in [5.74, 6) is -0.246. The van der Waals surface area contributed by atoms with Crippen LogP contribution in [0.4, 0.5) is 0 Å². The van der Waals surface area contributed by atoms with Crippen LogP contribution >= 0.6 is 0 Å². The van der Waals surface area contributed by atoms with E-state index >= 15 is 0 Å². The first-order valence-corrected chi connectivity index (χ1v) is 9.98. The summed E-state index contributed by atoms with van der Waals surface area (Å²) >= 11 is 0. The first-order valence-electron chi connectivity index (χ1n) is 9.98. The van der Waals surface area contributed by atoms with E-state index in [2.05, 4.69) is 22.2 Å². The van der Waals surface area contributed by atoms with Crippen molar-refractivity contribution in [3.8, 4) is 0 Å². The van der Waals surface area contributed by atoms with Crippen molar-refractivity contribution in [3.05, 3.63) is 59.7 Å². The molecule has 0 atom stereocenters. The number of aryl methyl sites for hydroxylation is 1. The lowest BCUT2D eigenvalue weighted by molar-refractivity contribution is -0.121. The summed E-state index contributed by atoms with van der Waals surface area (Å²) in [6.07, 6.45) is 7.82. The maximum Gasteiger partial charge on any atom is 0.274 e. The summed E-state index contributed by atoms with van der Waals surface area (Å²) in [5.41, 5.74) is 2.06. The topological polar surface area (TPSA) is 75.2 Å². The average molecular weight is 383 g/mol. The molecule has 2 rings (SSSR count). The molecule has 1 aromatic heterocycles. The summed E-state index contributed by atoms with van der Waals surface area (Å²) in [4.78, 5) is 35.1. The van der Waals surface area contributed by atoms with Gasteiger partial charge < -0.3 is 10.2 Å². The van der Waals surface area contributed by atoms with E-state index in [0.29, 0.717) is 25.3 Å². The molecule has 6 nitrogen and oxygen atoms in total. The van der Waals surface area contributed by atoms with Crippen LogP contribution in [0, 0.1) is 6.92 Å². The number of unbranched alkanes of at least 4 members (excludes halogenated alkanes) is 3. The van der Waals surface area contributed by atoms with Crippen molar-refractivity contribution in [1.82, 2.24) is 20.2 Å². The van der Waals surface area contributed by atoms with Gasteiger partial charge >= 0.3 is 0 Å². The molecule has 6 heteroatoms. The van der Waals surface area contributed by atoms with Crippen molar-refractivity contribution in [2.45, 2.75) is 52.5 Å². The molecule has 150 valence electrons. The van der Waals surface area contributed by atoms with E-state index in [9.17, 15) is 9.59 Å². The predicted molar refractivity (Wildman–Crippen MR) is 110 cm³/mol. The van der Waals surface area contributed by atoms with Gasteiger partial charge in [0.25, 0.3) is 5.91 Å². The highest BCUT2D eigenvalue weighted by molar-refractivity contribution is 5.92. The Balaban J connectivity index is 1.95. The first kappa shape index (κ1) is 21.5. The number of carbonyl (C=O) groups is 2. The van der Waals surface area contributed by atoms with Gasteiger partial charge in [0, 0.05) is 32.3 Å². The molecule has 0 saturated heterocycles. The van der Waals surface area contributed by atoms with E-state index in [0.717, 1.165) is 24.1 Å². The van der Waals surface area contributed by atoms with Crippen LogP contribution in [0.15, 0.2) is 42.7 Å². The maximum absolute atomic E-state index is 12.9. The third-order valence-corrected chi connectivity index (χ3v) is 4.46. The Hall–Kier alpha value is -2.76. The standard InChI is InChI=1S/C22H30N4O2/c1-3-4-5-9-13-23-21(27)12-14-26(17-19-10-7-6-8-11-19)22(28)20-16-24-18(2)15-25-20/h6-8,10-11,15-16H,3-5,9,12-14,17H2,1-2H3,(H,23,27). The van der Waals surface area contributed by atoms with Crippen LogP contribution < -0.4 is 5.32 Å². The normalized spacial score (nSPS) is 10.5. The van der Waals surface area contributed by atoms with Crippen molar-refractivity contribution in [2.75, 3.05) is 13.1 Å². The van der Waals surface area contributed by atoms with Crippen LogP contribution in [-0.4, -0.2) is 39.8 Å². The lowest BCUT2D eigenvalue weighted by Gasteiger charge is -2.22. The molecule has 1 heterocycles. The third kappa shape index (κ3) is 7.47. The average Bonchev–Trinajstić information content (AvgIpc) is 2.71. The zero-order chi connectivity index (χ0) is 20.2. The largest absolute Gasteiger partial charge is 0.356 e. The molecule has 0 unspecified atom stereocenters. The van der Waals surface area contributed by atoms with Gasteiger partial charge in [-0.25, -0.2) is 4.98 Å². The number of hydrogen-bond donors (Lipinski definition) is 1. The maximum atomic E-state index is 12.9. The molecule has 0 aliphatic carbocycles. The minimum atomic E-state index is -0.216. The van der Waals surface area contributed by atoms with Crippen LogP contribution in [0.5, 0.6) is 0 Å². The van der Waals surface area contributed by atoms with E-state index in [1.54, 1.807) is 11.1 Å². The van der Waals surface area contributed by atoms with E-state index in [1.165, 1.54) is 19.0 Å². The first-order chi connectivity index (χ1) is 13.6. The van der Waals surface area contributed by atoms with E-state index < -0.39 is 0 Å². The fraction of sp³-hybridized carbons (Fsp3) is 0.455. The van der Waals surface area contributed by atoms with Crippen LogP contribution in [-0.2, 0) is 11.3 Å². The van der Waals surface area contributed by atoms with Gasteiger partial charge in [-0.3, -0.25) is 14.6 Å². The van der Waals surface area contributed by atoms with E-state index in [1.807, 2.05) is 37.3 Å². The molecule has 0 aliphatic heterocycles. The second-order valence-electron chi connectivity index (χ2n) is 6.92. The lowest BCUT2D eigenvalue weighted by Crippen LogP contribution is -2.35. The highest BCUT2D eigenvalue weighted by Crippen LogP contribution is 2.09. The number of nitrogens with zero attached hydrogens (tertiary/aromatic N) is 3. The Morgan fingerprint density at radius 2 is 1.82 bits per heavy atom. The molecule has 0 bridgehead atoms. The summed E-state index contributed by atoms with van der Waals surface area (Å²) in [5, 5.41) is 2.94. The van der Waals surface area contributed by atoms with Gasteiger partial charge in [0.2, 0.25) is 5.91 Å². The van der Waals surface area contributed by atoms with Gasteiger partial charge in [-0.05, 0) is 18.9 Å². The van der Waals surface area contributed by atoms with Gasteiger partial charge in [0.15, 0.2) is 0 Å². The molecule has 0 saturated carbocycles.